The Morgan fingerprint density at radius 3 is 2.79 bits per heavy atom. The molecule has 1 aliphatic rings. The minimum atomic E-state index is -3.01. The molecule has 1 aliphatic heterocycles. The highest BCUT2D eigenvalue weighted by Gasteiger charge is 2.25. The van der Waals surface area contributed by atoms with Crippen molar-refractivity contribution in [3.8, 4) is 0 Å². The summed E-state index contributed by atoms with van der Waals surface area (Å²) >= 11 is 0. The van der Waals surface area contributed by atoms with Gasteiger partial charge in [-0.3, -0.25) is 0 Å². The normalized spacial score (nSPS) is 20.3. The van der Waals surface area contributed by atoms with Crippen molar-refractivity contribution in [3.63, 3.8) is 0 Å². The highest BCUT2D eigenvalue weighted by atomic mass is 19.3. The number of halogens is 3. The van der Waals surface area contributed by atoms with E-state index in [2.05, 4.69) is 10.6 Å². The molecule has 0 radical (unpaired) electrons. The van der Waals surface area contributed by atoms with Crippen molar-refractivity contribution >= 4 is 5.69 Å². The van der Waals surface area contributed by atoms with Gasteiger partial charge in [-0.1, -0.05) is 6.07 Å². The Bertz CT molecular complexity index is 423. The molecule has 0 saturated carbocycles. The summed E-state index contributed by atoms with van der Waals surface area (Å²) in [6.45, 7) is 3.37. The molecule has 1 atom stereocenters. The van der Waals surface area contributed by atoms with E-state index in [1.807, 2.05) is 0 Å². The molecule has 19 heavy (non-hydrogen) atoms. The van der Waals surface area contributed by atoms with Gasteiger partial charge in [0, 0.05) is 19.0 Å². The molecule has 1 heterocycles. The first-order valence-electron chi connectivity index (χ1n) is 6.59. The van der Waals surface area contributed by atoms with Crippen LogP contribution in [-0.2, 0) is 5.92 Å². The predicted molar refractivity (Wildman–Crippen MR) is 70.1 cm³/mol. The van der Waals surface area contributed by atoms with E-state index in [0.29, 0.717) is 18.2 Å². The van der Waals surface area contributed by atoms with Gasteiger partial charge in [-0.05, 0) is 44.0 Å². The van der Waals surface area contributed by atoms with Gasteiger partial charge < -0.3 is 10.6 Å². The number of hydrogen-bond donors (Lipinski definition) is 2. The zero-order chi connectivity index (χ0) is 13.9. The molecule has 1 saturated heterocycles. The van der Waals surface area contributed by atoms with E-state index in [9.17, 15) is 13.2 Å². The Morgan fingerprint density at radius 2 is 2.21 bits per heavy atom. The highest BCUT2D eigenvalue weighted by Crippen LogP contribution is 2.29. The molecule has 1 aromatic rings. The lowest BCUT2D eigenvalue weighted by molar-refractivity contribution is 0.0172. The minimum absolute atomic E-state index is 0.290. The molecule has 0 amide bonds. The van der Waals surface area contributed by atoms with Gasteiger partial charge in [-0.25, -0.2) is 13.2 Å². The number of alkyl halides is 2. The zero-order valence-electron chi connectivity index (χ0n) is 11.0. The fourth-order valence-corrected chi connectivity index (χ4v) is 2.28. The SMILES string of the molecule is CC(F)(F)c1ccc(NCC2CCCNC2)c(F)c1. The smallest absolute Gasteiger partial charge is 0.270 e. The molecule has 5 heteroatoms. The standard InChI is InChI=1S/C14H19F3N2/c1-14(16,17)11-4-5-13(12(15)7-11)19-9-10-3-2-6-18-8-10/h4-5,7,10,18-19H,2-3,6,8-9H2,1H3. The Hall–Kier alpha value is -1.23. The second-order valence-corrected chi connectivity index (χ2v) is 5.18. The third-order valence-electron chi connectivity index (χ3n) is 3.46. The second-order valence-electron chi connectivity index (χ2n) is 5.18. The molecule has 2 N–H and O–H groups in total. The van der Waals surface area contributed by atoms with Crippen LogP contribution in [0, 0.1) is 11.7 Å². The van der Waals surface area contributed by atoms with Crippen LogP contribution in [0.15, 0.2) is 18.2 Å². The van der Waals surface area contributed by atoms with E-state index in [4.69, 9.17) is 0 Å². The van der Waals surface area contributed by atoms with Crippen LogP contribution in [0.2, 0.25) is 0 Å². The predicted octanol–water partition coefficient (Wildman–Crippen LogP) is 3.35. The van der Waals surface area contributed by atoms with E-state index in [1.165, 1.54) is 12.1 Å². The molecule has 106 valence electrons. The lowest BCUT2D eigenvalue weighted by atomic mass is 9.99. The number of hydrogen-bond acceptors (Lipinski definition) is 2. The van der Waals surface area contributed by atoms with Crippen molar-refractivity contribution in [2.75, 3.05) is 25.0 Å². The van der Waals surface area contributed by atoms with E-state index in [-0.39, 0.29) is 5.56 Å². The summed E-state index contributed by atoms with van der Waals surface area (Å²) in [5.74, 6) is -3.17. The maximum atomic E-state index is 13.7. The maximum Gasteiger partial charge on any atom is 0.270 e. The van der Waals surface area contributed by atoms with Crippen LogP contribution in [0.3, 0.4) is 0 Å². The minimum Gasteiger partial charge on any atom is -0.382 e. The number of rotatable bonds is 4. The zero-order valence-corrected chi connectivity index (χ0v) is 11.0. The van der Waals surface area contributed by atoms with Gasteiger partial charge in [-0.2, -0.15) is 0 Å². The van der Waals surface area contributed by atoms with E-state index >= 15 is 0 Å². The molecular weight excluding hydrogens is 253 g/mol. The van der Waals surface area contributed by atoms with E-state index in [0.717, 1.165) is 38.9 Å². The summed E-state index contributed by atoms with van der Waals surface area (Å²) in [6, 6.07) is 3.56. The summed E-state index contributed by atoms with van der Waals surface area (Å²) in [5, 5.41) is 6.28. The largest absolute Gasteiger partial charge is 0.382 e. The molecule has 0 spiro atoms. The summed E-state index contributed by atoms with van der Waals surface area (Å²) < 4.78 is 39.8. The van der Waals surface area contributed by atoms with Gasteiger partial charge in [0.25, 0.3) is 5.92 Å². The van der Waals surface area contributed by atoms with Crippen LogP contribution in [0.5, 0.6) is 0 Å². The van der Waals surface area contributed by atoms with Gasteiger partial charge >= 0.3 is 0 Å². The van der Waals surface area contributed by atoms with Gasteiger partial charge in [0.05, 0.1) is 5.69 Å². The molecule has 0 bridgehead atoms. The van der Waals surface area contributed by atoms with Gasteiger partial charge in [-0.15, -0.1) is 0 Å². The highest BCUT2D eigenvalue weighted by molar-refractivity contribution is 5.47. The van der Waals surface area contributed by atoms with Crippen molar-refractivity contribution in [1.82, 2.24) is 5.32 Å². The first-order chi connectivity index (χ1) is 8.97. The van der Waals surface area contributed by atoms with Gasteiger partial charge in [0.1, 0.15) is 5.82 Å². The summed E-state index contributed by atoms with van der Waals surface area (Å²) in [6.07, 6.45) is 2.22. The summed E-state index contributed by atoms with van der Waals surface area (Å²) in [5.41, 5.74) is -0.00606. The Balaban J connectivity index is 1.97. The number of piperidine rings is 1. The first kappa shape index (κ1) is 14.2. The Morgan fingerprint density at radius 1 is 1.42 bits per heavy atom. The molecule has 2 rings (SSSR count). The van der Waals surface area contributed by atoms with Gasteiger partial charge in [0.15, 0.2) is 0 Å². The lowest BCUT2D eigenvalue weighted by Gasteiger charge is -2.23. The average molecular weight is 272 g/mol. The Labute approximate surface area is 111 Å². The first-order valence-corrected chi connectivity index (χ1v) is 6.59. The Kier molecular flexibility index (Phi) is 4.34. The van der Waals surface area contributed by atoms with Crippen LogP contribution in [0.1, 0.15) is 25.3 Å². The molecule has 2 nitrogen and oxygen atoms in total. The third-order valence-corrected chi connectivity index (χ3v) is 3.46. The maximum absolute atomic E-state index is 13.7. The quantitative estimate of drug-likeness (QED) is 0.878. The van der Waals surface area contributed by atoms with Crippen LogP contribution < -0.4 is 10.6 Å². The van der Waals surface area contributed by atoms with Crippen molar-refractivity contribution in [2.45, 2.75) is 25.7 Å². The monoisotopic (exact) mass is 272 g/mol. The van der Waals surface area contributed by atoms with Crippen LogP contribution in [0.4, 0.5) is 18.9 Å². The number of nitrogens with one attached hydrogen (secondary N) is 2. The summed E-state index contributed by atoms with van der Waals surface area (Å²) in [7, 11) is 0. The summed E-state index contributed by atoms with van der Waals surface area (Å²) in [4.78, 5) is 0. The number of benzene rings is 1. The van der Waals surface area contributed by atoms with Crippen molar-refractivity contribution in [1.29, 1.82) is 0 Å². The molecule has 1 fully saturated rings. The van der Waals surface area contributed by atoms with Crippen molar-refractivity contribution < 1.29 is 13.2 Å². The van der Waals surface area contributed by atoms with Crippen LogP contribution in [-0.4, -0.2) is 19.6 Å². The van der Waals surface area contributed by atoms with Crippen LogP contribution in [0.25, 0.3) is 0 Å². The molecule has 1 unspecified atom stereocenters. The lowest BCUT2D eigenvalue weighted by Crippen LogP contribution is -2.33. The molecule has 1 aromatic carbocycles. The topological polar surface area (TPSA) is 24.1 Å². The average Bonchev–Trinajstić information content (AvgIpc) is 2.37. The number of anilines is 1. The molecule has 0 aliphatic carbocycles. The van der Waals surface area contributed by atoms with Crippen LogP contribution >= 0.6 is 0 Å². The third kappa shape index (κ3) is 3.86. The fourth-order valence-electron chi connectivity index (χ4n) is 2.28. The molecular formula is C14H19F3N2. The van der Waals surface area contributed by atoms with Crippen molar-refractivity contribution in [2.24, 2.45) is 5.92 Å². The van der Waals surface area contributed by atoms with Gasteiger partial charge in [0.2, 0.25) is 0 Å². The van der Waals surface area contributed by atoms with E-state index < -0.39 is 11.7 Å². The molecule has 0 aromatic heterocycles. The fraction of sp³-hybridized carbons (Fsp3) is 0.571. The van der Waals surface area contributed by atoms with Crippen molar-refractivity contribution in [3.05, 3.63) is 29.6 Å². The second kappa shape index (κ2) is 5.82. The van der Waals surface area contributed by atoms with E-state index in [1.54, 1.807) is 0 Å².